The smallest absolute Gasteiger partial charge is 0.170 e. The van der Waals surface area contributed by atoms with Gasteiger partial charge >= 0.3 is 0 Å². The van der Waals surface area contributed by atoms with Gasteiger partial charge in [-0.3, -0.25) is 4.90 Å². The fraction of sp³-hybridized carbons (Fsp3) is 0.533. The Hall–Kier alpha value is -1.59. The lowest BCUT2D eigenvalue weighted by atomic mass is 10.0. The minimum absolute atomic E-state index is 0.146. The molecule has 1 aliphatic heterocycles. The van der Waals surface area contributed by atoms with Gasteiger partial charge in [0.15, 0.2) is 5.84 Å². The van der Waals surface area contributed by atoms with E-state index in [0.717, 1.165) is 30.8 Å². The van der Waals surface area contributed by atoms with Gasteiger partial charge in [-0.15, -0.1) is 0 Å². The van der Waals surface area contributed by atoms with Crippen LogP contribution < -0.4 is 5.73 Å². The Bertz CT molecular complexity index is 502. The minimum atomic E-state index is 0.146. The Morgan fingerprint density at radius 3 is 2.90 bits per heavy atom. The molecule has 0 bridgehead atoms. The average Bonchev–Trinajstić information content (AvgIpc) is 2.44. The molecule has 0 amide bonds. The molecule has 1 aromatic carbocycles. The molecule has 0 saturated carbocycles. The van der Waals surface area contributed by atoms with Crippen molar-refractivity contribution in [3.05, 3.63) is 34.9 Å². The number of hydrogen-bond acceptors (Lipinski definition) is 4. The van der Waals surface area contributed by atoms with Crippen LogP contribution in [0.3, 0.4) is 0 Å². The van der Waals surface area contributed by atoms with Crippen molar-refractivity contribution in [2.75, 3.05) is 13.2 Å². The summed E-state index contributed by atoms with van der Waals surface area (Å²) in [6.45, 7) is 8.97. The monoisotopic (exact) mass is 277 g/mol. The third-order valence-corrected chi connectivity index (χ3v) is 3.86. The SMILES string of the molecule is Cc1cc(/C(N)=N/O)ccc1CN1CC(C)OCC1C. The van der Waals surface area contributed by atoms with Gasteiger partial charge in [0.05, 0.1) is 12.7 Å². The first kappa shape index (κ1) is 14.8. The normalized spacial score (nSPS) is 24.9. The number of amidine groups is 1. The molecule has 1 fully saturated rings. The highest BCUT2D eigenvalue weighted by Gasteiger charge is 2.23. The van der Waals surface area contributed by atoms with Crippen molar-refractivity contribution in [1.29, 1.82) is 0 Å². The van der Waals surface area contributed by atoms with Crippen molar-refractivity contribution >= 4 is 5.84 Å². The van der Waals surface area contributed by atoms with Crippen molar-refractivity contribution in [1.82, 2.24) is 4.90 Å². The van der Waals surface area contributed by atoms with Crippen LogP contribution in [-0.2, 0) is 11.3 Å². The van der Waals surface area contributed by atoms with Crippen LogP contribution in [0.15, 0.2) is 23.4 Å². The number of benzene rings is 1. The van der Waals surface area contributed by atoms with E-state index in [1.54, 1.807) is 0 Å². The van der Waals surface area contributed by atoms with Gasteiger partial charge in [0.2, 0.25) is 0 Å². The van der Waals surface area contributed by atoms with Crippen LogP contribution in [0.4, 0.5) is 0 Å². The topological polar surface area (TPSA) is 71.1 Å². The first-order valence-electron chi connectivity index (χ1n) is 6.94. The van der Waals surface area contributed by atoms with Crippen LogP contribution >= 0.6 is 0 Å². The molecule has 20 heavy (non-hydrogen) atoms. The molecule has 1 heterocycles. The lowest BCUT2D eigenvalue weighted by Crippen LogP contribution is -2.46. The number of ether oxygens (including phenoxy) is 1. The molecule has 1 aliphatic rings. The maximum absolute atomic E-state index is 8.71. The van der Waals surface area contributed by atoms with Gasteiger partial charge in [0, 0.05) is 24.7 Å². The predicted octanol–water partition coefficient (Wildman–Crippen LogP) is 1.70. The second-order valence-corrected chi connectivity index (χ2v) is 5.55. The molecule has 1 aromatic rings. The van der Waals surface area contributed by atoms with Gasteiger partial charge in [0.25, 0.3) is 0 Å². The molecule has 110 valence electrons. The first-order valence-corrected chi connectivity index (χ1v) is 6.94. The molecule has 5 heteroatoms. The molecule has 0 spiro atoms. The van der Waals surface area contributed by atoms with Gasteiger partial charge in [0.1, 0.15) is 0 Å². The van der Waals surface area contributed by atoms with Crippen LogP contribution in [0.1, 0.15) is 30.5 Å². The summed E-state index contributed by atoms with van der Waals surface area (Å²) in [5, 5.41) is 11.7. The molecular weight excluding hydrogens is 254 g/mol. The molecular formula is C15H23N3O2. The molecule has 0 radical (unpaired) electrons. The maximum atomic E-state index is 8.71. The fourth-order valence-electron chi connectivity index (χ4n) is 2.50. The summed E-state index contributed by atoms with van der Waals surface area (Å²) in [7, 11) is 0. The van der Waals surface area contributed by atoms with Gasteiger partial charge in [-0.25, -0.2) is 0 Å². The molecule has 0 aliphatic carbocycles. The minimum Gasteiger partial charge on any atom is -0.409 e. The standard InChI is InChI=1S/C15H23N3O2/c1-10-6-13(15(16)17-19)4-5-14(10)8-18-7-12(3)20-9-11(18)2/h4-6,11-12,19H,7-9H2,1-3H3,(H2,16,17). The van der Waals surface area contributed by atoms with E-state index in [-0.39, 0.29) is 11.9 Å². The lowest BCUT2D eigenvalue weighted by Gasteiger charge is -2.37. The summed E-state index contributed by atoms with van der Waals surface area (Å²) in [6.07, 6.45) is 0.281. The largest absolute Gasteiger partial charge is 0.409 e. The molecule has 2 unspecified atom stereocenters. The van der Waals surface area contributed by atoms with E-state index in [0.29, 0.717) is 6.04 Å². The van der Waals surface area contributed by atoms with Crippen LogP contribution in [-0.4, -0.2) is 41.2 Å². The summed E-state index contributed by atoms with van der Waals surface area (Å²) in [5.41, 5.74) is 8.78. The van der Waals surface area contributed by atoms with Gasteiger partial charge in [-0.05, 0) is 38.0 Å². The number of aryl methyl sites for hydroxylation is 1. The second kappa shape index (κ2) is 6.24. The van der Waals surface area contributed by atoms with Crippen molar-refractivity contribution in [3.8, 4) is 0 Å². The van der Waals surface area contributed by atoms with E-state index in [2.05, 4.69) is 36.9 Å². The van der Waals surface area contributed by atoms with E-state index in [1.165, 1.54) is 5.56 Å². The molecule has 0 aromatic heterocycles. The zero-order valence-corrected chi connectivity index (χ0v) is 12.3. The quantitative estimate of drug-likeness (QED) is 0.382. The third kappa shape index (κ3) is 3.29. The Morgan fingerprint density at radius 1 is 1.50 bits per heavy atom. The van der Waals surface area contributed by atoms with Crippen molar-refractivity contribution in [2.24, 2.45) is 10.9 Å². The summed E-state index contributed by atoms with van der Waals surface area (Å²) < 4.78 is 5.65. The predicted molar refractivity (Wildman–Crippen MR) is 79.0 cm³/mol. The number of morpholine rings is 1. The molecule has 2 atom stereocenters. The highest BCUT2D eigenvalue weighted by molar-refractivity contribution is 5.97. The van der Waals surface area contributed by atoms with Crippen molar-refractivity contribution in [2.45, 2.75) is 39.5 Å². The maximum Gasteiger partial charge on any atom is 0.170 e. The van der Waals surface area contributed by atoms with Crippen molar-refractivity contribution < 1.29 is 9.94 Å². The number of rotatable bonds is 3. The van der Waals surface area contributed by atoms with Crippen LogP contribution in [0.2, 0.25) is 0 Å². The summed E-state index contributed by atoms with van der Waals surface area (Å²) >= 11 is 0. The fourth-order valence-corrected chi connectivity index (χ4v) is 2.50. The molecule has 1 saturated heterocycles. The molecule has 5 nitrogen and oxygen atoms in total. The summed E-state index contributed by atoms with van der Waals surface area (Å²) in [4.78, 5) is 2.43. The van der Waals surface area contributed by atoms with Crippen LogP contribution in [0, 0.1) is 6.92 Å². The number of nitrogens with two attached hydrogens (primary N) is 1. The second-order valence-electron chi connectivity index (χ2n) is 5.55. The van der Waals surface area contributed by atoms with Crippen LogP contribution in [0.25, 0.3) is 0 Å². The molecule has 2 rings (SSSR count). The van der Waals surface area contributed by atoms with E-state index >= 15 is 0 Å². The lowest BCUT2D eigenvalue weighted by molar-refractivity contribution is -0.0527. The number of nitrogens with zero attached hydrogens (tertiary/aromatic N) is 2. The molecule has 3 N–H and O–H groups in total. The summed E-state index contributed by atoms with van der Waals surface area (Å²) in [6, 6.07) is 6.33. The zero-order chi connectivity index (χ0) is 14.7. The average molecular weight is 277 g/mol. The highest BCUT2D eigenvalue weighted by atomic mass is 16.5. The Labute approximate surface area is 120 Å². The Morgan fingerprint density at radius 2 is 2.25 bits per heavy atom. The van der Waals surface area contributed by atoms with E-state index in [4.69, 9.17) is 15.7 Å². The first-order chi connectivity index (χ1) is 9.51. The van der Waals surface area contributed by atoms with Gasteiger partial charge < -0.3 is 15.7 Å². The van der Waals surface area contributed by atoms with Crippen molar-refractivity contribution in [3.63, 3.8) is 0 Å². The van der Waals surface area contributed by atoms with Gasteiger partial charge in [-0.2, -0.15) is 0 Å². The number of hydrogen-bond donors (Lipinski definition) is 2. The van der Waals surface area contributed by atoms with E-state index in [1.807, 2.05) is 12.1 Å². The Kier molecular flexibility index (Phi) is 4.62. The third-order valence-electron chi connectivity index (χ3n) is 3.86. The number of oxime groups is 1. The zero-order valence-electron chi connectivity index (χ0n) is 12.3. The van der Waals surface area contributed by atoms with E-state index in [9.17, 15) is 0 Å². The van der Waals surface area contributed by atoms with Crippen LogP contribution in [0.5, 0.6) is 0 Å². The summed E-state index contributed by atoms with van der Waals surface area (Å²) in [5.74, 6) is 0.146. The van der Waals surface area contributed by atoms with Gasteiger partial charge in [-0.1, -0.05) is 17.3 Å². The van der Waals surface area contributed by atoms with E-state index < -0.39 is 0 Å². The highest BCUT2D eigenvalue weighted by Crippen LogP contribution is 2.18. The Balaban J connectivity index is 2.13.